The van der Waals surface area contributed by atoms with Crippen LogP contribution < -0.4 is 5.32 Å². The van der Waals surface area contributed by atoms with E-state index in [-0.39, 0.29) is 24.4 Å². The lowest BCUT2D eigenvalue weighted by molar-refractivity contribution is -0.137. The summed E-state index contributed by atoms with van der Waals surface area (Å²) in [5.41, 5.74) is -0.140. The first-order valence-electron chi connectivity index (χ1n) is 7.13. The second-order valence-corrected chi connectivity index (χ2v) is 5.73. The zero-order chi connectivity index (χ0) is 15.0. The lowest BCUT2D eigenvalue weighted by Crippen LogP contribution is -2.41. The SMILES string of the molecule is O=C1C2CCCNC2CN1Cc1cccc(C(F)(F)F)c1. The molecule has 2 fully saturated rings. The number of piperidine rings is 1. The Bertz CT molecular complexity index is 544. The van der Waals surface area contributed by atoms with Crippen LogP contribution in [-0.2, 0) is 17.5 Å². The first-order chi connectivity index (χ1) is 9.95. The zero-order valence-corrected chi connectivity index (χ0v) is 11.5. The van der Waals surface area contributed by atoms with E-state index in [0.29, 0.717) is 12.1 Å². The molecule has 3 nitrogen and oxygen atoms in total. The highest BCUT2D eigenvalue weighted by molar-refractivity contribution is 5.82. The molecule has 0 aromatic heterocycles. The smallest absolute Gasteiger partial charge is 0.336 e. The van der Waals surface area contributed by atoms with Crippen molar-refractivity contribution in [3.63, 3.8) is 0 Å². The van der Waals surface area contributed by atoms with E-state index in [0.717, 1.165) is 31.5 Å². The third-order valence-electron chi connectivity index (χ3n) is 4.26. The van der Waals surface area contributed by atoms with Crippen LogP contribution >= 0.6 is 0 Å². The molecular formula is C15H17F3N2O. The van der Waals surface area contributed by atoms with Crippen LogP contribution in [0.25, 0.3) is 0 Å². The minimum absolute atomic E-state index is 0.00968. The highest BCUT2D eigenvalue weighted by Gasteiger charge is 2.41. The number of carbonyl (C=O) groups is 1. The molecule has 2 aliphatic heterocycles. The summed E-state index contributed by atoms with van der Waals surface area (Å²) in [6, 6.07) is 5.36. The van der Waals surface area contributed by atoms with Crippen LogP contribution in [-0.4, -0.2) is 29.9 Å². The first kappa shape index (κ1) is 14.4. The molecule has 2 saturated heterocycles. The number of nitrogens with zero attached hydrogens (tertiary/aromatic N) is 1. The van der Waals surface area contributed by atoms with E-state index in [1.807, 2.05) is 0 Å². The van der Waals surface area contributed by atoms with E-state index in [1.54, 1.807) is 11.0 Å². The first-order valence-corrected chi connectivity index (χ1v) is 7.13. The number of alkyl halides is 3. The number of fused-ring (bicyclic) bond motifs is 1. The maximum Gasteiger partial charge on any atom is 0.416 e. The Morgan fingerprint density at radius 3 is 2.86 bits per heavy atom. The van der Waals surface area contributed by atoms with Gasteiger partial charge in [0.15, 0.2) is 0 Å². The van der Waals surface area contributed by atoms with Crippen LogP contribution in [0.2, 0.25) is 0 Å². The summed E-state index contributed by atoms with van der Waals surface area (Å²) in [4.78, 5) is 14.0. The van der Waals surface area contributed by atoms with Gasteiger partial charge in [0.25, 0.3) is 0 Å². The van der Waals surface area contributed by atoms with Crippen molar-refractivity contribution in [2.24, 2.45) is 5.92 Å². The van der Waals surface area contributed by atoms with Crippen LogP contribution in [0.3, 0.4) is 0 Å². The summed E-state index contributed by atoms with van der Waals surface area (Å²) in [7, 11) is 0. The van der Waals surface area contributed by atoms with Crippen LogP contribution in [0.15, 0.2) is 24.3 Å². The number of carbonyl (C=O) groups excluding carboxylic acids is 1. The van der Waals surface area contributed by atoms with Gasteiger partial charge in [-0.1, -0.05) is 12.1 Å². The topological polar surface area (TPSA) is 32.3 Å². The fraction of sp³-hybridized carbons (Fsp3) is 0.533. The highest BCUT2D eigenvalue weighted by atomic mass is 19.4. The minimum atomic E-state index is -4.35. The van der Waals surface area contributed by atoms with Gasteiger partial charge in [0.05, 0.1) is 11.5 Å². The highest BCUT2D eigenvalue weighted by Crippen LogP contribution is 2.31. The minimum Gasteiger partial charge on any atom is -0.336 e. The third kappa shape index (κ3) is 2.90. The monoisotopic (exact) mass is 298 g/mol. The van der Waals surface area contributed by atoms with Crippen molar-refractivity contribution in [3.05, 3.63) is 35.4 Å². The number of amides is 1. The van der Waals surface area contributed by atoms with Gasteiger partial charge in [-0.25, -0.2) is 0 Å². The third-order valence-corrected chi connectivity index (χ3v) is 4.26. The second-order valence-electron chi connectivity index (χ2n) is 5.73. The molecule has 0 saturated carbocycles. The van der Waals surface area contributed by atoms with Crippen LogP contribution in [0.4, 0.5) is 13.2 Å². The molecule has 0 radical (unpaired) electrons. The normalized spacial score (nSPS) is 26.0. The fourth-order valence-electron chi connectivity index (χ4n) is 3.21. The summed E-state index contributed by atoms with van der Waals surface area (Å²) in [6.07, 6.45) is -2.50. The number of hydrogen-bond donors (Lipinski definition) is 1. The van der Waals surface area contributed by atoms with Crippen LogP contribution in [0, 0.1) is 5.92 Å². The molecule has 2 aliphatic rings. The van der Waals surface area contributed by atoms with Crippen molar-refractivity contribution >= 4 is 5.91 Å². The number of benzene rings is 1. The number of hydrogen-bond acceptors (Lipinski definition) is 2. The summed E-state index contributed by atoms with van der Waals surface area (Å²) in [5.74, 6) is 0.0501. The molecule has 0 spiro atoms. The molecule has 114 valence electrons. The molecule has 2 atom stereocenters. The Morgan fingerprint density at radius 1 is 1.33 bits per heavy atom. The van der Waals surface area contributed by atoms with Gasteiger partial charge in [-0.3, -0.25) is 4.79 Å². The van der Waals surface area contributed by atoms with E-state index >= 15 is 0 Å². The van der Waals surface area contributed by atoms with Crippen LogP contribution in [0.1, 0.15) is 24.0 Å². The Labute approximate surface area is 121 Å². The molecule has 2 heterocycles. The summed E-state index contributed by atoms with van der Waals surface area (Å²) in [6.45, 7) is 1.74. The zero-order valence-electron chi connectivity index (χ0n) is 11.5. The Balaban J connectivity index is 1.74. The maximum atomic E-state index is 12.7. The number of nitrogens with one attached hydrogen (secondary N) is 1. The van der Waals surface area contributed by atoms with E-state index < -0.39 is 11.7 Å². The van der Waals surface area contributed by atoms with Crippen molar-refractivity contribution in [1.82, 2.24) is 10.2 Å². The molecule has 1 amide bonds. The molecule has 1 N–H and O–H groups in total. The molecule has 3 rings (SSSR count). The lowest BCUT2D eigenvalue weighted by Gasteiger charge is -2.23. The fourth-order valence-corrected chi connectivity index (χ4v) is 3.21. The van der Waals surface area contributed by atoms with Crippen molar-refractivity contribution in [2.45, 2.75) is 31.6 Å². The van der Waals surface area contributed by atoms with E-state index in [9.17, 15) is 18.0 Å². The van der Waals surface area contributed by atoms with Gasteiger partial charge in [-0.2, -0.15) is 13.2 Å². The van der Waals surface area contributed by atoms with Crippen LogP contribution in [0.5, 0.6) is 0 Å². The van der Waals surface area contributed by atoms with E-state index in [4.69, 9.17) is 0 Å². The predicted octanol–water partition coefficient (Wildman–Crippen LogP) is 2.42. The van der Waals surface area contributed by atoms with Crippen molar-refractivity contribution in [3.8, 4) is 0 Å². The standard InChI is InChI=1S/C15H17F3N2O/c16-15(17,18)11-4-1-3-10(7-11)8-20-9-13-12(14(20)21)5-2-6-19-13/h1,3-4,7,12-13,19H,2,5-6,8-9H2. The van der Waals surface area contributed by atoms with Gasteiger partial charge in [-0.05, 0) is 37.1 Å². The van der Waals surface area contributed by atoms with Gasteiger partial charge >= 0.3 is 6.18 Å². The second kappa shape index (κ2) is 5.33. The molecule has 6 heteroatoms. The summed E-state index contributed by atoms with van der Waals surface area (Å²) >= 11 is 0. The predicted molar refractivity (Wildman–Crippen MR) is 71.4 cm³/mol. The Kier molecular flexibility index (Phi) is 3.65. The number of rotatable bonds is 2. The van der Waals surface area contributed by atoms with Gasteiger partial charge < -0.3 is 10.2 Å². The molecule has 1 aromatic rings. The maximum absolute atomic E-state index is 12.7. The lowest BCUT2D eigenvalue weighted by atomic mass is 9.94. The molecule has 0 bridgehead atoms. The number of likely N-dealkylation sites (tertiary alicyclic amines) is 1. The van der Waals surface area contributed by atoms with E-state index in [2.05, 4.69) is 5.32 Å². The number of halogens is 3. The van der Waals surface area contributed by atoms with Crippen molar-refractivity contribution < 1.29 is 18.0 Å². The molecule has 1 aromatic carbocycles. The molecule has 2 unspecified atom stereocenters. The average molecular weight is 298 g/mol. The van der Waals surface area contributed by atoms with Gasteiger partial charge in [0.2, 0.25) is 5.91 Å². The molecular weight excluding hydrogens is 281 g/mol. The molecule has 21 heavy (non-hydrogen) atoms. The van der Waals surface area contributed by atoms with Gasteiger partial charge in [-0.15, -0.1) is 0 Å². The van der Waals surface area contributed by atoms with E-state index in [1.165, 1.54) is 6.07 Å². The van der Waals surface area contributed by atoms with Crippen molar-refractivity contribution in [1.29, 1.82) is 0 Å². The molecule has 0 aliphatic carbocycles. The van der Waals surface area contributed by atoms with Gasteiger partial charge in [0.1, 0.15) is 0 Å². The largest absolute Gasteiger partial charge is 0.416 e. The van der Waals surface area contributed by atoms with Gasteiger partial charge in [0, 0.05) is 19.1 Å². The quantitative estimate of drug-likeness (QED) is 0.909. The van der Waals surface area contributed by atoms with Crippen molar-refractivity contribution in [2.75, 3.05) is 13.1 Å². The Morgan fingerprint density at radius 2 is 2.14 bits per heavy atom. The summed E-state index contributed by atoms with van der Waals surface area (Å²) in [5, 5.41) is 3.32. The average Bonchev–Trinajstić information content (AvgIpc) is 2.75. The Hall–Kier alpha value is -1.56. The summed E-state index contributed by atoms with van der Waals surface area (Å²) < 4.78 is 38.1.